The van der Waals surface area contributed by atoms with Gasteiger partial charge in [-0.3, -0.25) is 9.69 Å². The fourth-order valence-corrected chi connectivity index (χ4v) is 3.13. The highest BCUT2D eigenvalue weighted by atomic mass is 16.2. The first-order valence-electron chi connectivity index (χ1n) is 8.55. The topological polar surface area (TPSA) is 35.6 Å². The Kier molecular flexibility index (Phi) is 5.16. The molecule has 1 amide bonds. The summed E-state index contributed by atoms with van der Waals surface area (Å²) in [5, 5.41) is 3.00. The fraction of sp³-hybridized carbons (Fsp3) is 0.350. The van der Waals surface area contributed by atoms with Gasteiger partial charge in [0.25, 0.3) is 0 Å². The van der Waals surface area contributed by atoms with Crippen LogP contribution in [-0.2, 0) is 4.79 Å². The summed E-state index contributed by atoms with van der Waals surface area (Å²) in [4.78, 5) is 17.1. The molecule has 0 saturated carbocycles. The number of amides is 1. The van der Waals surface area contributed by atoms with Gasteiger partial charge in [-0.05, 0) is 43.7 Å². The third-order valence-electron chi connectivity index (χ3n) is 4.65. The number of aryl methyl sites for hydroxylation is 1. The second kappa shape index (κ2) is 7.49. The zero-order valence-electron chi connectivity index (χ0n) is 14.4. The molecule has 126 valence electrons. The number of hydrogen-bond acceptors (Lipinski definition) is 3. The van der Waals surface area contributed by atoms with Gasteiger partial charge in [-0.2, -0.15) is 0 Å². The van der Waals surface area contributed by atoms with E-state index in [0.717, 1.165) is 31.9 Å². The molecule has 1 heterocycles. The molecule has 1 aliphatic rings. The van der Waals surface area contributed by atoms with Crippen LogP contribution >= 0.6 is 0 Å². The molecule has 24 heavy (non-hydrogen) atoms. The van der Waals surface area contributed by atoms with Crippen molar-refractivity contribution in [3.05, 3.63) is 60.2 Å². The van der Waals surface area contributed by atoms with Gasteiger partial charge < -0.3 is 10.2 Å². The number of piperazine rings is 1. The minimum Gasteiger partial charge on any atom is -0.369 e. The van der Waals surface area contributed by atoms with E-state index < -0.39 is 0 Å². The number of anilines is 2. The number of benzene rings is 2. The molecule has 0 spiro atoms. The Morgan fingerprint density at radius 1 is 1.00 bits per heavy atom. The predicted molar refractivity (Wildman–Crippen MR) is 99.5 cm³/mol. The highest BCUT2D eigenvalue weighted by Gasteiger charge is 2.25. The van der Waals surface area contributed by atoms with E-state index in [2.05, 4.69) is 46.3 Å². The summed E-state index contributed by atoms with van der Waals surface area (Å²) in [6, 6.07) is 18.1. The van der Waals surface area contributed by atoms with Crippen LogP contribution in [0.25, 0.3) is 0 Å². The van der Waals surface area contributed by atoms with Crippen LogP contribution in [0.5, 0.6) is 0 Å². The molecule has 1 atom stereocenters. The molecule has 0 aliphatic carbocycles. The van der Waals surface area contributed by atoms with Gasteiger partial charge in [0.15, 0.2) is 0 Å². The lowest BCUT2D eigenvalue weighted by atomic mass is 10.1. The summed E-state index contributed by atoms with van der Waals surface area (Å²) >= 11 is 0. The third-order valence-corrected chi connectivity index (χ3v) is 4.65. The van der Waals surface area contributed by atoms with Crippen molar-refractivity contribution >= 4 is 17.3 Å². The lowest BCUT2D eigenvalue weighted by Gasteiger charge is -2.38. The van der Waals surface area contributed by atoms with Crippen LogP contribution in [0, 0.1) is 6.92 Å². The second-order valence-electron chi connectivity index (χ2n) is 6.39. The van der Waals surface area contributed by atoms with E-state index in [1.165, 1.54) is 11.3 Å². The monoisotopic (exact) mass is 323 g/mol. The molecule has 4 heteroatoms. The molecular weight excluding hydrogens is 298 g/mol. The largest absolute Gasteiger partial charge is 0.369 e. The van der Waals surface area contributed by atoms with Gasteiger partial charge in [0.05, 0.1) is 6.04 Å². The molecule has 1 saturated heterocycles. The number of carbonyl (C=O) groups is 1. The Hall–Kier alpha value is -2.33. The maximum atomic E-state index is 12.4. The minimum absolute atomic E-state index is 0.0604. The van der Waals surface area contributed by atoms with Crippen molar-refractivity contribution in [2.24, 2.45) is 0 Å². The van der Waals surface area contributed by atoms with E-state index in [1.807, 2.05) is 37.3 Å². The van der Waals surface area contributed by atoms with E-state index in [1.54, 1.807) is 0 Å². The Morgan fingerprint density at radius 2 is 1.71 bits per heavy atom. The Bertz CT molecular complexity index is 678. The molecule has 4 nitrogen and oxygen atoms in total. The van der Waals surface area contributed by atoms with Crippen LogP contribution in [0.4, 0.5) is 11.4 Å². The average molecular weight is 323 g/mol. The molecule has 0 bridgehead atoms. The van der Waals surface area contributed by atoms with Crippen LogP contribution < -0.4 is 10.2 Å². The van der Waals surface area contributed by atoms with Crippen molar-refractivity contribution in [2.45, 2.75) is 19.9 Å². The summed E-state index contributed by atoms with van der Waals surface area (Å²) in [5.41, 5.74) is 3.41. The first-order chi connectivity index (χ1) is 11.6. The number of para-hydroxylation sites is 1. The molecule has 3 rings (SSSR count). The van der Waals surface area contributed by atoms with Gasteiger partial charge in [-0.15, -0.1) is 0 Å². The smallest absolute Gasteiger partial charge is 0.241 e. The van der Waals surface area contributed by atoms with Crippen molar-refractivity contribution in [3.8, 4) is 0 Å². The van der Waals surface area contributed by atoms with Crippen molar-refractivity contribution in [2.75, 3.05) is 36.4 Å². The molecule has 1 aliphatic heterocycles. The molecule has 2 aromatic carbocycles. The van der Waals surface area contributed by atoms with Crippen molar-refractivity contribution in [1.29, 1.82) is 0 Å². The molecule has 1 fully saturated rings. The van der Waals surface area contributed by atoms with Crippen LogP contribution in [0.15, 0.2) is 54.6 Å². The van der Waals surface area contributed by atoms with E-state index in [9.17, 15) is 4.79 Å². The first-order valence-corrected chi connectivity index (χ1v) is 8.55. The minimum atomic E-state index is -0.120. The normalized spacial score (nSPS) is 16.7. The van der Waals surface area contributed by atoms with E-state index >= 15 is 0 Å². The van der Waals surface area contributed by atoms with Gasteiger partial charge >= 0.3 is 0 Å². The number of carbonyl (C=O) groups excluding carboxylic acids is 1. The highest BCUT2D eigenvalue weighted by Crippen LogP contribution is 2.19. The van der Waals surface area contributed by atoms with E-state index in [0.29, 0.717) is 0 Å². The molecular formula is C20H25N3O. The fourth-order valence-electron chi connectivity index (χ4n) is 3.13. The predicted octanol–water partition coefficient (Wildman–Crippen LogP) is 3.14. The summed E-state index contributed by atoms with van der Waals surface area (Å²) in [6.45, 7) is 7.81. The van der Waals surface area contributed by atoms with Gasteiger partial charge in [0.2, 0.25) is 5.91 Å². The molecule has 2 aromatic rings. The standard InChI is InChI=1S/C20H25N3O/c1-16-7-6-10-19(15-16)23-13-11-22(12-14-23)17(2)20(24)21-18-8-4-3-5-9-18/h3-10,15,17H,11-14H2,1-2H3,(H,21,24)/t17-/m0/s1. The zero-order chi connectivity index (χ0) is 16.9. The van der Waals surface area contributed by atoms with Crippen LogP contribution in [0.2, 0.25) is 0 Å². The summed E-state index contributed by atoms with van der Waals surface area (Å²) in [6.07, 6.45) is 0. The van der Waals surface area contributed by atoms with Gasteiger partial charge in [0, 0.05) is 37.6 Å². The van der Waals surface area contributed by atoms with Crippen molar-refractivity contribution in [3.63, 3.8) is 0 Å². The average Bonchev–Trinajstić information content (AvgIpc) is 2.62. The van der Waals surface area contributed by atoms with Gasteiger partial charge in [-0.1, -0.05) is 30.3 Å². The SMILES string of the molecule is Cc1cccc(N2CCN([C@@H](C)C(=O)Nc3ccccc3)CC2)c1. The van der Waals surface area contributed by atoms with Crippen molar-refractivity contribution in [1.82, 2.24) is 4.90 Å². The quantitative estimate of drug-likeness (QED) is 0.939. The molecule has 1 N–H and O–H groups in total. The highest BCUT2D eigenvalue weighted by molar-refractivity contribution is 5.94. The zero-order valence-corrected chi connectivity index (χ0v) is 14.4. The first kappa shape index (κ1) is 16.5. The Balaban J connectivity index is 1.55. The Labute approximate surface area is 144 Å². The lowest BCUT2D eigenvalue weighted by Crippen LogP contribution is -2.52. The van der Waals surface area contributed by atoms with Crippen molar-refractivity contribution < 1.29 is 4.79 Å². The third kappa shape index (κ3) is 3.95. The van der Waals surface area contributed by atoms with E-state index in [-0.39, 0.29) is 11.9 Å². The number of nitrogens with zero attached hydrogens (tertiary/aromatic N) is 2. The van der Waals surface area contributed by atoms with E-state index in [4.69, 9.17) is 0 Å². The lowest BCUT2D eigenvalue weighted by molar-refractivity contribution is -0.120. The van der Waals surface area contributed by atoms with Gasteiger partial charge in [-0.25, -0.2) is 0 Å². The maximum absolute atomic E-state index is 12.4. The molecule has 0 aromatic heterocycles. The second-order valence-corrected chi connectivity index (χ2v) is 6.39. The van der Waals surface area contributed by atoms with Crippen LogP contribution in [-0.4, -0.2) is 43.0 Å². The van der Waals surface area contributed by atoms with Crippen LogP contribution in [0.1, 0.15) is 12.5 Å². The van der Waals surface area contributed by atoms with Gasteiger partial charge in [0.1, 0.15) is 0 Å². The summed E-state index contributed by atoms with van der Waals surface area (Å²) in [5.74, 6) is 0.0604. The summed E-state index contributed by atoms with van der Waals surface area (Å²) < 4.78 is 0. The molecule has 0 unspecified atom stereocenters. The molecule has 0 radical (unpaired) electrons. The summed E-state index contributed by atoms with van der Waals surface area (Å²) in [7, 11) is 0. The van der Waals surface area contributed by atoms with Crippen LogP contribution in [0.3, 0.4) is 0 Å². The Morgan fingerprint density at radius 3 is 2.38 bits per heavy atom. The number of hydrogen-bond donors (Lipinski definition) is 1. The number of nitrogens with one attached hydrogen (secondary N) is 1. The number of rotatable bonds is 4. The maximum Gasteiger partial charge on any atom is 0.241 e.